The van der Waals surface area contributed by atoms with Crippen LogP contribution in [0.25, 0.3) is 10.9 Å². The van der Waals surface area contributed by atoms with Crippen molar-refractivity contribution in [2.45, 2.75) is 18.9 Å². The molecule has 2 heterocycles. The molecule has 7 heteroatoms. The number of nitrogens with one attached hydrogen (secondary N) is 2. The van der Waals surface area contributed by atoms with Gasteiger partial charge in [-0.3, -0.25) is 9.59 Å². The quantitative estimate of drug-likeness (QED) is 0.603. The molecule has 7 nitrogen and oxygen atoms in total. The summed E-state index contributed by atoms with van der Waals surface area (Å²) in [7, 11) is 3.05. The highest BCUT2D eigenvalue weighted by molar-refractivity contribution is 6.23. The van der Waals surface area contributed by atoms with Crippen molar-refractivity contribution in [3.05, 3.63) is 54.2 Å². The van der Waals surface area contributed by atoms with Gasteiger partial charge in [0.05, 0.1) is 32.4 Å². The Balaban J connectivity index is 1.44. The molecular weight excluding hydrogens is 370 g/mol. The number of rotatable bonds is 7. The van der Waals surface area contributed by atoms with Crippen LogP contribution in [0.3, 0.4) is 0 Å². The number of nitrogens with zero attached hydrogens (tertiary/aromatic N) is 1. The Labute approximate surface area is 168 Å². The first-order valence-corrected chi connectivity index (χ1v) is 9.49. The van der Waals surface area contributed by atoms with Gasteiger partial charge in [0.2, 0.25) is 5.91 Å². The van der Waals surface area contributed by atoms with Crippen LogP contribution in [0.4, 0.5) is 5.69 Å². The van der Waals surface area contributed by atoms with Crippen LogP contribution < -0.4 is 19.7 Å². The van der Waals surface area contributed by atoms with Gasteiger partial charge in [-0.15, -0.1) is 0 Å². The minimum Gasteiger partial charge on any atom is -0.497 e. The van der Waals surface area contributed by atoms with Crippen LogP contribution >= 0.6 is 0 Å². The number of hydrogen-bond donors (Lipinski definition) is 2. The molecule has 1 aliphatic rings. The van der Waals surface area contributed by atoms with E-state index in [9.17, 15) is 9.59 Å². The van der Waals surface area contributed by atoms with Crippen LogP contribution in [-0.2, 0) is 16.0 Å². The maximum atomic E-state index is 12.9. The van der Waals surface area contributed by atoms with E-state index in [-0.39, 0.29) is 18.2 Å². The molecule has 1 atom stereocenters. The summed E-state index contributed by atoms with van der Waals surface area (Å²) in [6.45, 7) is 0.596. The number of aromatic amines is 1. The highest BCUT2D eigenvalue weighted by Gasteiger charge is 2.40. The molecule has 0 aliphatic carbocycles. The molecule has 150 valence electrons. The van der Waals surface area contributed by atoms with Crippen LogP contribution in [0.2, 0.25) is 0 Å². The fourth-order valence-corrected chi connectivity index (χ4v) is 3.73. The Bertz CT molecular complexity index is 1060. The summed E-state index contributed by atoms with van der Waals surface area (Å²) in [4.78, 5) is 29.9. The number of imide groups is 1. The summed E-state index contributed by atoms with van der Waals surface area (Å²) in [6, 6.07) is 12.6. The summed E-state index contributed by atoms with van der Waals surface area (Å²) in [5.74, 6) is 0.504. The number of aromatic nitrogens is 1. The van der Waals surface area contributed by atoms with Gasteiger partial charge in [0.1, 0.15) is 11.5 Å². The second kappa shape index (κ2) is 7.97. The van der Waals surface area contributed by atoms with Gasteiger partial charge in [-0.2, -0.15) is 0 Å². The molecule has 4 rings (SSSR count). The number of H-pyrrole nitrogens is 1. The number of fused-ring (bicyclic) bond motifs is 1. The Morgan fingerprint density at radius 2 is 1.97 bits per heavy atom. The molecule has 0 spiro atoms. The zero-order valence-corrected chi connectivity index (χ0v) is 16.4. The molecular formula is C22H23N3O4. The highest BCUT2D eigenvalue weighted by Crippen LogP contribution is 2.35. The smallest absolute Gasteiger partial charge is 0.251 e. The third kappa shape index (κ3) is 3.56. The SMILES string of the molecule is COc1ccc(N2C(=O)CC(NCCc3c[nH]c4ccccc34)C2=O)c(OC)c1. The van der Waals surface area contributed by atoms with Crippen LogP contribution in [0.5, 0.6) is 11.5 Å². The van der Waals surface area contributed by atoms with E-state index in [1.54, 1.807) is 25.3 Å². The molecule has 0 saturated carbocycles. The number of carbonyl (C=O) groups excluding carboxylic acids is 2. The summed E-state index contributed by atoms with van der Waals surface area (Å²) < 4.78 is 10.5. The first-order chi connectivity index (χ1) is 14.1. The first-order valence-electron chi connectivity index (χ1n) is 9.49. The molecule has 29 heavy (non-hydrogen) atoms. The lowest BCUT2D eigenvalue weighted by molar-refractivity contribution is -0.121. The molecule has 1 aromatic heterocycles. The normalized spacial score (nSPS) is 16.6. The van der Waals surface area contributed by atoms with Crippen LogP contribution in [-0.4, -0.2) is 43.6 Å². The van der Waals surface area contributed by atoms with E-state index >= 15 is 0 Å². The minimum absolute atomic E-state index is 0.127. The van der Waals surface area contributed by atoms with Crippen molar-refractivity contribution in [1.29, 1.82) is 0 Å². The maximum absolute atomic E-state index is 12.9. The standard InChI is InChI=1S/C22H23N3O4/c1-28-15-7-8-19(20(11-15)29-2)25-21(26)12-18(22(25)27)23-10-9-14-13-24-17-6-4-3-5-16(14)17/h3-8,11,13,18,23-24H,9-10,12H2,1-2H3. The van der Waals surface area contributed by atoms with Crippen molar-refractivity contribution in [3.63, 3.8) is 0 Å². The third-order valence-corrected chi connectivity index (χ3v) is 5.23. The van der Waals surface area contributed by atoms with Crippen LogP contribution in [0.15, 0.2) is 48.7 Å². The van der Waals surface area contributed by atoms with Gasteiger partial charge < -0.3 is 19.8 Å². The van der Waals surface area contributed by atoms with Gasteiger partial charge >= 0.3 is 0 Å². The lowest BCUT2D eigenvalue weighted by atomic mass is 10.1. The van der Waals surface area contributed by atoms with Crippen LogP contribution in [0, 0.1) is 0 Å². The number of carbonyl (C=O) groups is 2. The predicted octanol–water partition coefficient (Wildman–Crippen LogP) is 2.65. The van der Waals surface area contributed by atoms with Crippen molar-refractivity contribution >= 4 is 28.4 Å². The average Bonchev–Trinajstić information content (AvgIpc) is 3.28. The number of anilines is 1. The Hall–Kier alpha value is -3.32. The zero-order chi connectivity index (χ0) is 20.4. The van der Waals surface area contributed by atoms with Gasteiger partial charge in [-0.25, -0.2) is 4.90 Å². The zero-order valence-electron chi connectivity index (χ0n) is 16.4. The highest BCUT2D eigenvalue weighted by atomic mass is 16.5. The molecule has 1 aliphatic heterocycles. The van der Waals surface area contributed by atoms with E-state index in [0.717, 1.165) is 11.9 Å². The van der Waals surface area contributed by atoms with Gasteiger partial charge in [0.25, 0.3) is 5.91 Å². The van der Waals surface area contributed by atoms with Crippen molar-refractivity contribution in [1.82, 2.24) is 10.3 Å². The van der Waals surface area contributed by atoms with Gasteiger partial charge in [-0.1, -0.05) is 18.2 Å². The Morgan fingerprint density at radius 1 is 1.14 bits per heavy atom. The Kier molecular flexibility index (Phi) is 5.22. The third-order valence-electron chi connectivity index (χ3n) is 5.23. The lowest BCUT2D eigenvalue weighted by Gasteiger charge is -2.19. The number of benzene rings is 2. The molecule has 0 bridgehead atoms. The molecule has 2 aromatic carbocycles. The monoisotopic (exact) mass is 393 g/mol. The summed E-state index contributed by atoms with van der Waals surface area (Å²) >= 11 is 0. The number of amides is 2. The molecule has 0 radical (unpaired) electrons. The topological polar surface area (TPSA) is 83.7 Å². The van der Waals surface area contributed by atoms with Gasteiger partial charge in [0, 0.05) is 29.7 Å². The fourth-order valence-electron chi connectivity index (χ4n) is 3.73. The number of ether oxygens (including phenoxy) is 2. The van der Waals surface area contributed by atoms with E-state index in [2.05, 4.69) is 16.4 Å². The predicted molar refractivity (Wildman–Crippen MR) is 110 cm³/mol. The molecule has 1 saturated heterocycles. The van der Waals surface area contributed by atoms with Crippen LogP contribution in [0.1, 0.15) is 12.0 Å². The lowest BCUT2D eigenvalue weighted by Crippen LogP contribution is -2.39. The summed E-state index contributed by atoms with van der Waals surface area (Å²) in [5, 5.41) is 4.41. The van der Waals surface area contributed by atoms with E-state index in [1.165, 1.54) is 23.0 Å². The second-order valence-electron chi connectivity index (χ2n) is 6.93. The number of hydrogen-bond acceptors (Lipinski definition) is 5. The van der Waals surface area contributed by atoms with E-state index < -0.39 is 6.04 Å². The largest absolute Gasteiger partial charge is 0.497 e. The van der Waals surface area contributed by atoms with E-state index in [0.29, 0.717) is 23.7 Å². The second-order valence-corrected chi connectivity index (χ2v) is 6.93. The number of para-hydroxylation sites is 1. The van der Waals surface area contributed by atoms with E-state index in [4.69, 9.17) is 9.47 Å². The molecule has 1 unspecified atom stereocenters. The maximum Gasteiger partial charge on any atom is 0.251 e. The van der Waals surface area contributed by atoms with Gasteiger partial charge in [0.15, 0.2) is 0 Å². The molecule has 2 amide bonds. The number of methoxy groups -OCH3 is 2. The molecule has 3 aromatic rings. The van der Waals surface area contributed by atoms with Gasteiger partial charge in [-0.05, 0) is 30.2 Å². The molecule has 1 fully saturated rings. The van der Waals surface area contributed by atoms with E-state index in [1.807, 2.05) is 24.4 Å². The first kappa shape index (κ1) is 19.0. The van der Waals surface area contributed by atoms with Crippen molar-refractivity contribution in [2.75, 3.05) is 25.7 Å². The summed E-state index contributed by atoms with van der Waals surface area (Å²) in [6.07, 6.45) is 2.87. The fraction of sp³-hybridized carbons (Fsp3) is 0.273. The molecule has 2 N–H and O–H groups in total. The Morgan fingerprint density at radius 3 is 2.76 bits per heavy atom. The van der Waals surface area contributed by atoms with Crippen molar-refractivity contribution < 1.29 is 19.1 Å². The van der Waals surface area contributed by atoms with Crippen molar-refractivity contribution in [2.24, 2.45) is 0 Å². The minimum atomic E-state index is -0.542. The average molecular weight is 393 g/mol. The summed E-state index contributed by atoms with van der Waals surface area (Å²) in [5.41, 5.74) is 2.70. The van der Waals surface area contributed by atoms with Crippen molar-refractivity contribution in [3.8, 4) is 11.5 Å².